The van der Waals surface area contributed by atoms with Gasteiger partial charge in [-0.1, -0.05) is 20.3 Å². The van der Waals surface area contributed by atoms with Gasteiger partial charge in [0, 0.05) is 24.5 Å². The van der Waals surface area contributed by atoms with Crippen molar-refractivity contribution in [3.8, 4) is 0 Å². The Morgan fingerprint density at radius 1 is 1.13 bits per heavy atom. The van der Waals surface area contributed by atoms with E-state index in [0.29, 0.717) is 5.69 Å². The Hall–Kier alpha value is -2.57. The van der Waals surface area contributed by atoms with Gasteiger partial charge in [0.1, 0.15) is 12.1 Å². The van der Waals surface area contributed by atoms with Gasteiger partial charge in [0.05, 0.1) is 0 Å². The van der Waals surface area contributed by atoms with Gasteiger partial charge in [0.15, 0.2) is 0 Å². The third-order valence-corrected chi connectivity index (χ3v) is 7.22. The van der Waals surface area contributed by atoms with E-state index >= 15 is 0 Å². The first-order valence-electron chi connectivity index (χ1n) is 11.1. The number of imide groups is 1. The number of nitrogens with one attached hydrogen (secondary N) is 2. The third-order valence-electron chi connectivity index (χ3n) is 7.22. The first-order valence-corrected chi connectivity index (χ1v) is 11.1. The van der Waals surface area contributed by atoms with Crippen molar-refractivity contribution in [1.29, 1.82) is 0 Å². The van der Waals surface area contributed by atoms with Crippen LogP contribution < -0.4 is 15.5 Å². The summed E-state index contributed by atoms with van der Waals surface area (Å²) in [6.07, 6.45) is 5.28. The van der Waals surface area contributed by atoms with E-state index in [2.05, 4.69) is 15.5 Å². The van der Waals surface area contributed by atoms with Crippen LogP contribution in [0.2, 0.25) is 0 Å². The number of anilines is 2. The van der Waals surface area contributed by atoms with Gasteiger partial charge in [-0.05, 0) is 68.2 Å². The molecule has 3 fully saturated rings. The molecule has 1 aliphatic carbocycles. The van der Waals surface area contributed by atoms with Crippen LogP contribution in [0.3, 0.4) is 0 Å². The van der Waals surface area contributed by atoms with Gasteiger partial charge in [-0.15, -0.1) is 0 Å². The smallest absolute Gasteiger partial charge is 0.325 e. The van der Waals surface area contributed by atoms with Crippen molar-refractivity contribution in [3.05, 3.63) is 23.8 Å². The Labute approximate surface area is 178 Å². The van der Waals surface area contributed by atoms with Crippen molar-refractivity contribution in [3.63, 3.8) is 0 Å². The molecule has 2 atom stereocenters. The van der Waals surface area contributed by atoms with Crippen molar-refractivity contribution in [2.45, 2.75) is 58.4 Å². The second-order valence-electron chi connectivity index (χ2n) is 9.17. The minimum atomic E-state index is -0.871. The van der Waals surface area contributed by atoms with Gasteiger partial charge in [-0.25, -0.2) is 4.79 Å². The molecule has 162 valence electrons. The number of hydrogen-bond acceptors (Lipinski definition) is 4. The van der Waals surface area contributed by atoms with Crippen LogP contribution in [0.5, 0.6) is 0 Å². The Bertz CT molecular complexity index is 852. The van der Waals surface area contributed by atoms with Crippen LogP contribution >= 0.6 is 0 Å². The molecule has 4 amide bonds. The number of carbonyl (C=O) groups excluding carboxylic acids is 3. The normalized spacial score (nSPS) is 28.9. The highest BCUT2D eigenvalue weighted by molar-refractivity contribution is 6.10. The zero-order valence-corrected chi connectivity index (χ0v) is 18.2. The highest BCUT2D eigenvalue weighted by Gasteiger charge is 2.58. The molecule has 2 N–H and O–H groups in total. The summed E-state index contributed by atoms with van der Waals surface area (Å²) in [5.41, 5.74) is 2.11. The van der Waals surface area contributed by atoms with E-state index in [1.165, 1.54) is 18.5 Å². The highest BCUT2D eigenvalue weighted by Crippen LogP contribution is 2.42. The molecule has 1 spiro atoms. The largest absolute Gasteiger partial charge is 0.371 e. The van der Waals surface area contributed by atoms with Crippen molar-refractivity contribution in [2.75, 3.05) is 29.9 Å². The van der Waals surface area contributed by atoms with E-state index in [4.69, 9.17) is 0 Å². The molecule has 2 aliphatic heterocycles. The fourth-order valence-corrected chi connectivity index (χ4v) is 5.49. The van der Waals surface area contributed by atoms with Gasteiger partial charge in [0.25, 0.3) is 5.91 Å². The number of amides is 4. The summed E-state index contributed by atoms with van der Waals surface area (Å²) >= 11 is 0. The molecule has 1 saturated carbocycles. The van der Waals surface area contributed by atoms with Crippen molar-refractivity contribution < 1.29 is 14.4 Å². The van der Waals surface area contributed by atoms with Gasteiger partial charge >= 0.3 is 6.03 Å². The minimum Gasteiger partial charge on any atom is -0.371 e. The molecule has 7 heteroatoms. The monoisotopic (exact) mass is 412 g/mol. The summed E-state index contributed by atoms with van der Waals surface area (Å²) in [5, 5.41) is 5.79. The molecule has 1 aromatic rings. The second-order valence-corrected chi connectivity index (χ2v) is 9.17. The Morgan fingerprint density at radius 2 is 1.80 bits per heavy atom. The van der Waals surface area contributed by atoms with Crippen LogP contribution in [0.15, 0.2) is 18.2 Å². The molecule has 0 radical (unpaired) electrons. The quantitative estimate of drug-likeness (QED) is 0.744. The van der Waals surface area contributed by atoms with E-state index in [0.717, 1.165) is 42.8 Å². The minimum absolute atomic E-state index is 0.0616. The Morgan fingerprint density at radius 3 is 2.43 bits per heavy atom. The van der Waals surface area contributed by atoms with E-state index in [9.17, 15) is 14.4 Å². The predicted molar refractivity (Wildman–Crippen MR) is 116 cm³/mol. The maximum absolute atomic E-state index is 13.2. The average molecular weight is 413 g/mol. The van der Waals surface area contributed by atoms with Crippen LogP contribution in [0, 0.1) is 18.8 Å². The van der Waals surface area contributed by atoms with Gasteiger partial charge in [-0.2, -0.15) is 0 Å². The molecule has 1 aromatic carbocycles. The number of benzene rings is 1. The molecule has 7 nitrogen and oxygen atoms in total. The summed E-state index contributed by atoms with van der Waals surface area (Å²) in [6, 6.07) is 5.41. The maximum Gasteiger partial charge on any atom is 0.325 e. The van der Waals surface area contributed by atoms with Gasteiger partial charge < -0.3 is 15.5 Å². The average Bonchev–Trinajstić information content (AvgIpc) is 3.30. The van der Waals surface area contributed by atoms with Crippen LogP contribution in [0.1, 0.15) is 51.5 Å². The van der Waals surface area contributed by atoms with Crippen molar-refractivity contribution in [2.24, 2.45) is 11.8 Å². The second kappa shape index (κ2) is 7.93. The summed E-state index contributed by atoms with van der Waals surface area (Å²) in [4.78, 5) is 41.9. The number of hydrogen-bond donors (Lipinski definition) is 2. The fourth-order valence-electron chi connectivity index (χ4n) is 5.49. The first-order chi connectivity index (χ1) is 14.3. The van der Waals surface area contributed by atoms with Gasteiger partial charge in [0.2, 0.25) is 5.91 Å². The zero-order valence-electron chi connectivity index (χ0n) is 18.2. The molecule has 3 aliphatic rings. The van der Waals surface area contributed by atoms with Crippen LogP contribution in [-0.4, -0.2) is 47.9 Å². The number of aryl methyl sites for hydroxylation is 1. The molecule has 30 heavy (non-hydrogen) atoms. The summed E-state index contributed by atoms with van der Waals surface area (Å²) in [5.74, 6) is -0.499. The summed E-state index contributed by atoms with van der Waals surface area (Å²) in [6.45, 7) is 7.94. The number of carbonyl (C=O) groups is 3. The van der Waals surface area contributed by atoms with E-state index in [1.54, 1.807) is 0 Å². The lowest BCUT2D eigenvalue weighted by molar-refractivity contribution is -0.138. The number of nitrogens with zero attached hydrogens (tertiary/aromatic N) is 2. The lowest BCUT2D eigenvalue weighted by Gasteiger charge is -2.42. The SMILES string of the molecule is Cc1cc(NC(=O)CN2C(=O)NC3(C2=O)C(C)CCCC3C)ccc1N1CCCC1. The Kier molecular flexibility index (Phi) is 5.47. The van der Waals surface area contributed by atoms with Crippen LogP contribution in [0.4, 0.5) is 16.2 Å². The third kappa shape index (κ3) is 3.44. The number of urea groups is 1. The molecule has 4 rings (SSSR count). The molecular weight excluding hydrogens is 380 g/mol. The first kappa shape index (κ1) is 20.7. The lowest BCUT2D eigenvalue weighted by atomic mass is 9.67. The standard InChI is InChI=1S/C23H32N4O3/c1-15-13-18(9-10-19(15)26-11-4-5-12-26)24-20(28)14-27-21(29)23(25-22(27)30)16(2)7-6-8-17(23)3/h9-10,13,16-17H,4-8,11-12,14H2,1-3H3,(H,24,28)(H,25,30). The topological polar surface area (TPSA) is 81.8 Å². The molecule has 0 bridgehead atoms. The number of rotatable bonds is 4. The summed E-state index contributed by atoms with van der Waals surface area (Å²) < 4.78 is 0. The Balaban J connectivity index is 1.43. The predicted octanol–water partition coefficient (Wildman–Crippen LogP) is 3.28. The molecule has 2 heterocycles. The van der Waals surface area contributed by atoms with E-state index < -0.39 is 11.6 Å². The van der Waals surface area contributed by atoms with Crippen LogP contribution in [0.25, 0.3) is 0 Å². The maximum atomic E-state index is 13.2. The fraction of sp³-hybridized carbons (Fsp3) is 0.609. The molecule has 2 saturated heterocycles. The lowest BCUT2D eigenvalue weighted by Crippen LogP contribution is -2.59. The van der Waals surface area contributed by atoms with Crippen molar-refractivity contribution >= 4 is 29.2 Å². The molecule has 0 aromatic heterocycles. The van der Waals surface area contributed by atoms with Gasteiger partial charge in [-0.3, -0.25) is 14.5 Å². The van der Waals surface area contributed by atoms with E-state index in [-0.39, 0.29) is 30.2 Å². The highest BCUT2D eigenvalue weighted by atomic mass is 16.2. The van der Waals surface area contributed by atoms with Crippen molar-refractivity contribution in [1.82, 2.24) is 10.2 Å². The zero-order chi connectivity index (χ0) is 21.5. The molecule has 2 unspecified atom stereocenters. The molecular formula is C23H32N4O3. The van der Waals surface area contributed by atoms with E-state index in [1.807, 2.05) is 39.0 Å². The van der Waals surface area contributed by atoms with Crippen LogP contribution in [-0.2, 0) is 9.59 Å². The summed E-state index contributed by atoms with van der Waals surface area (Å²) in [7, 11) is 0.